The van der Waals surface area contributed by atoms with E-state index in [2.05, 4.69) is 39.2 Å². The molecule has 1 N–H and O–H groups in total. The summed E-state index contributed by atoms with van der Waals surface area (Å²) in [5.74, 6) is -0.0824. The molecule has 7 nitrogen and oxygen atoms in total. The molecule has 2 aliphatic heterocycles. The average molecular weight is 431 g/mol. The number of hydrogen-bond donors (Lipinski definition) is 1. The highest BCUT2D eigenvalue weighted by molar-refractivity contribution is 7.13. The van der Waals surface area contributed by atoms with E-state index in [1.165, 1.54) is 11.3 Å². The number of nitrogens with zero attached hydrogens (tertiary/aromatic N) is 3. The van der Waals surface area contributed by atoms with Crippen molar-refractivity contribution in [2.24, 2.45) is 0 Å². The molecule has 0 atom stereocenters. The molecule has 0 aliphatic carbocycles. The van der Waals surface area contributed by atoms with Gasteiger partial charge in [0.1, 0.15) is 4.88 Å². The molecule has 30 heavy (non-hydrogen) atoms. The Morgan fingerprint density at radius 3 is 2.43 bits per heavy atom. The molecule has 2 aliphatic rings. The molecule has 162 valence electrons. The SMILES string of the molecule is CCCc1nc(C)c(C(=O)Nc2ccc(N3CCOCC3)cc2N2CCOCC2)s1. The molecule has 1 aromatic heterocycles. The molecule has 8 heteroatoms. The normalized spacial score (nSPS) is 17.3. The van der Waals surface area contributed by atoms with Crippen molar-refractivity contribution in [1.29, 1.82) is 0 Å². The van der Waals surface area contributed by atoms with Crippen LogP contribution in [0.5, 0.6) is 0 Å². The fraction of sp³-hybridized carbons (Fsp3) is 0.545. The fourth-order valence-corrected chi connectivity index (χ4v) is 4.93. The van der Waals surface area contributed by atoms with Crippen LogP contribution in [0.1, 0.15) is 33.7 Å². The van der Waals surface area contributed by atoms with E-state index in [4.69, 9.17) is 9.47 Å². The van der Waals surface area contributed by atoms with Gasteiger partial charge >= 0.3 is 0 Å². The number of carbonyl (C=O) groups excluding carboxylic acids is 1. The van der Waals surface area contributed by atoms with Gasteiger partial charge in [0.15, 0.2) is 0 Å². The van der Waals surface area contributed by atoms with Crippen molar-refractivity contribution in [2.45, 2.75) is 26.7 Å². The van der Waals surface area contributed by atoms with Crippen molar-refractivity contribution in [3.05, 3.63) is 33.8 Å². The lowest BCUT2D eigenvalue weighted by Gasteiger charge is -2.33. The minimum Gasteiger partial charge on any atom is -0.378 e. The minimum atomic E-state index is -0.0824. The van der Waals surface area contributed by atoms with Crippen molar-refractivity contribution in [2.75, 3.05) is 67.7 Å². The van der Waals surface area contributed by atoms with Crippen LogP contribution in [0.4, 0.5) is 17.1 Å². The molecule has 1 amide bonds. The minimum absolute atomic E-state index is 0.0824. The summed E-state index contributed by atoms with van der Waals surface area (Å²) in [6.45, 7) is 10.3. The standard InChI is InChI=1S/C22H30N4O3S/c1-3-4-20-23-16(2)21(30-20)22(27)24-18-6-5-17(25-7-11-28-12-8-25)15-19(18)26-9-13-29-14-10-26/h5-6,15H,3-4,7-14H2,1-2H3,(H,24,27). The number of ether oxygens (including phenoxy) is 2. The molecule has 2 fully saturated rings. The fourth-order valence-electron chi connectivity index (χ4n) is 3.87. The van der Waals surface area contributed by atoms with Crippen LogP contribution in [0.2, 0.25) is 0 Å². The van der Waals surface area contributed by atoms with Crippen molar-refractivity contribution in [1.82, 2.24) is 4.98 Å². The molecular weight excluding hydrogens is 400 g/mol. The van der Waals surface area contributed by atoms with Crippen LogP contribution in [-0.4, -0.2) is 63.5 Å². The predicted octanol–water partition coefficient (Wildman–Crippen LogP) is 3.33. The molecule has 2 saturated heterocycles. The molecule has 0 bridgehead atoms. The van der Waals surface area contributed by atoms with Crippen LogP contribution in [-0.2, 0) is 15.9 Å². The molecule has 2 aromatic rings. The van der Waals surface area contributed by atoms with Crippen molar-refractivity contribution < 1.29 is 14.3 Å². The van der Waals surface area contributed by atoms with Gasteiger partial charge in [-0.15, -0.1) is 11.3 Å². The molecule has 0 unspecified atom stereocenters. The Labute approximate surface area is 182 Å². The summed E-state index contributed by atoms with van der Waals surface area (Å²) in [5, 5.41) is 4.18. The predicted molar refractivity (Wildman–Crippen MR) is 121 cm³/mol. The van der Waals surface area contributed by atoms with Gasteiger partial charge in [-0.1, -0.05) is 6.92 Å². The zero-order valence-electron chi connectivity index (χ0n) is 17.8. The summed E-state index contributed by atoms with van der Waals surface area (Å²) < 4.78 is 11.0. The number of aromatic nitrogens is 1. The van der Waals surface area contributed by atoms with Gasteiger partial charge in [-0.25, -0.2) is 4.98 Å². The van der Waals surface area contributed by atoms with E-state index < -0.39 is 0 Å². The third-order valence-corrected chi connectivity index (χ3v) is 6.68. The first-order chi connectivity index (χ1) is 14.7. The number of carbonyl (C=O) groups is 1. The molecule has 3 heterocycles. The number of morpholine rings is 2. The third-order valence-electron chi connectivity index (χ3n) is 5.47. The van der Waals surface area contributed by atoms with E-state index in [0.717, 1.165) is 80.0 Å². The number of nitrogens with one attached hydrogen (secondary N) is 1. The molecule has 1 aromatic carbocycles. The van der Waals surface area contributed by atoms with Crippen LogP contribution < -0.4 is 15.1 Å². The first kappa shape index (κ1) is 21.1. The van der Waals surface area contributed by atoms with E-state index in [1.807, 2.05) is 13.0 Å². The van der Waals surface area contributed by atoms with Crippen LogP contribution in [0.25, 0.3) is 0 Å². The molecular formula is C22H30N4O3S. The maximum Gasteiger partial charge on any atom is 0.267 e. The Morgan fingerprint density at radius 1 is 1.10 bits per heavy atom. The summed E-state index contributed by atoms with van der Waals surface area (Å²) >= 11 is 1.50. The largest absolute Gasteiger partial charge is 0.378 e. The van der Waals surface area contributed by atoms with E-state index in [1.54, 1.807) is 0 Å². The molecule has 0 radical (unpaired) electrons. The molecule has 0 spiro atoms. The Kier molecular flexibility index (Phi) is 6.86. The quantitative estimate of drug-likeness (QED) is 0.758. The first-order valence-corrected chi connectivity index (χ1v) is 11.5. The summed E-state index contributed by atoms with van der Waals surface area (Å²) in [6.07, 6.45) is 1.93. The average Bonchev–Trinajstić information content (AvgIpc) is 3.16. The van der Waals surface area contributed by atoms with Crippen LogP contribution in [0, 0.1) is 6.92 Å². The number of benzene rings is 1. The molecule has 0 saturated carbocycles. The Morgan fingerprint density at radius 2 is 1.77 bits per heavy atom. The molecule has 4 rings (SSSR count). The first-order valence-electron chi connectivity index (χ1n) is 10.7. The summed E-state index contributed by atoms with van der Waals surface area (Å²) in [5.41, 5.74) is 3.85. The highest BCUT2D eigenvalue weighted by Crippen LogP contribution is 2.33. The van der Waals surface area contributed by atoms with Gasteiger partial charge in [0.05, 0.1) is 48.5 Å². The number of hydrogen-bond acceptors (Lipinski definition) is 7. The third kappa shape index (κ3) is 4.77. The second kappa shape index (κ2) is 9.76. The topological polar surface area (TPSA) is 66.9 Å². The van der Waals surface area contributed by atoms with Crippen molar-refractivity contribution in [3.63, 3.8) is 0 Å². The Hall–Kier alpha value is -2.16. The van der Waals surface area contributed by atoms with E-state index in [0.29, 0.717) is 18.1 Å². The number of thiazole rings is 1. The number of rotatable bonds is 6. The van der Waals surface area contributed by atoms with Gasteiger partial charge in [-0.3, -0.25) is 4.79 Å². The lowest BCUT2D eigenvalue weighted by molar-refractivity contribution is 0.102. The highest BCUT2D eigenvalue weighted by Gasteiger charge is 2.21. The van der Waals surface area contributed by atoms with Gasteiger partial charge in [0.2, 0.25) is 0 Å². The smallest absolute Gasteiger partial charge is 0.267 e. The maximum atomic E-state index is 13.1. The summed E-state index contributed by atoms with van der Waals surface area (Å²) in [7, 11) is 0. The van der Waals surface area contributed by atoms with Gasteiger partial charge in [0.25, 0.3) is 5.91 Å². The monoisotopic (exact) mass is 430 g/mol. The van der Waals surface area contributed by atoms with Crippen LogP contribution in [0.3, 0.4) is 0 Å². The zero-order chi connectivity index (χ0) is 20.9. The van der Waals surface area contributed by atoms with Crippen molar-refractivity contribution in [3.8, 4) is 0 Å². The number of aryl methyl sites for hydroxylation is 2. The van der Waals surface area contributed by atoms with Crippen LogP contribution >= 0.6 is 11.3 Å². The lowest BCUT2D eigenvalue weighted by atomic mass is 10.1. The Bertz CT molecular complexity index is 873. The summed E-state index contributed by atoms with van der Waals surface area (Å²) in [6, 6.07) is 6.30. The maximum absolute atomic E-state index is 13.1. The van der Waals surface area contributed by atoms with E-state index >= 15 is 0 Å². The Balaban J connectivity index is 1.60. The van der Waals surface area contributed by atoms with Crippen molar-refractivity contribution >= 4 is 34.3 Å². The van der Waals surface area contributed by atoms with Gasteiger partial charge in [0, 0.05) is 31.9 Å². The second-order valence-electron chi connectivity index (χ2n) is 7.63. The van der Waals surface area contributed by atoms with Gasteiger partial charge in [-0.2, -0.15) is 0 Å². The summed E-state index contributed by atoms with van der Waals surface area (Å²) in [4.78, 5) is 23.0. The second-order valence-corrected chi connectivity index (χ2v) is 8.71. The highest BCUT2D eigenvalue weighted by atomic mass is 32.1. The van der Waals surface area contributed by atoms with Gasteiger partial charge < -0.3 is 24.6 Å². The lowest BCUT2D eigenvalue weighted by Crippen LogP contribution is -2.38. The number of anilines is 3. The van der Waals surface area contributed by atoms with Gasteiger partial charge in [-0.05, 0) is 38.0 Å². The van der Waals surface area contributed by atoms with E-state index in [-0.39, 0.29) is 5.91 Å². The zero-order valence-corrected chi connectivity index (χ0v) is 18.6. The van der Waals surface area contributed by atoms with E-state index in [9.17, 15) is 4.79 Å². The number of amides is 1. The van der Waals surface area contributed by atoms with Crippen LogP contribution in [0.15, 0.2) is 18.2 Å².